The summed E-state index contributed by atoms with van der Waals surface area (Å²) in [5, 5.41) is 10.8. The van der Waals surface area contributed by atoms with Gasteiger partial charge in [-0.25, -0.2) is 0 Å². The molecule has 96 valence electrons. The Morgan fingerprint density at radius 1 is 1.16 bits per heavy atom. The van der Waals surface area contributed by atoms with Gasteiger partial charge < -0.3 is 11.1 Å². The molecule has 0 radical (unpaired) electrons. The fourth-order valence-corrected chi connectivity index (χ4v) is 1.90. The van der Waals surface area contributed by atoms with Crippen LogP contribution in [-0.4, -0.2) is 20.2 Å². The Labute approximate surface area is 110 Å². The van der Waals surface area contributed by atoms with Crippen LogP contribution in [0.2, 0.25) is 0 Å². The maximum Gasteiger partial charge on any atom is 0.224 e. The van der Waals surface area contributed by atoms with Crippen LogP contribution < -0.4 is 11.1 Å². The zero-order valence-corrected chi connectivity index (χ0v) is 10.7. The summed E-state index contributed by atoms with van der Waals surface area (Å²) in [4.78, 5) is 8.29. The number of hydrogen-bond acceptors (Lipinski definition) is 5. The second-order valence-corrected chi connectivity index (χ2v) is 4.49. The SMILES string of the molecule is Cc1ccc(Nc2nc(N)nc3[nH]ncc23)cc1C. The molecule has 6 heteroatoms. The molecule has 3 aromatic rings. The summed E-state index contributed by atoms with van der Waals surface area (Å²) in [6.45, 7) is 4.15. The first-order chi connectivity index (χ1) is 9.13. The van der Waals surface area contributed by atoms with Crippen LogP contribution in [0.4, 0.5) is 17.5 Å². The smallest absolute Gasteiger partial charge is 0.224 e. The van der Waals surface area contributed by atoms with E-state index in [1.54, 1.807) is 6.20 Å². The number of aromatic amines is 1. The first-order valence-corrected chi connectivity index (χ1v) is 5.94. The minimum absolute atomic E-state index is 0.211. The van der Waals surface area contributed by atoms with Crippen LogP contribution in [0.1, 0.15) is 11.1 Å². The topological polar surface area (TPSA) is 92.5 Å². The Bertz CT molecular complexity index is 746. The fraction of sp³-hybridized carbons (Fsp3) is 0.154. The summed E-state index contributed by atoms with van der Waals surface area (Å²) in [6, 6.07) is 6.14. The number of anilines is 3. The highest BCUT2D eigenvalue weighted by Crippen LogP contribution is 2.24. The van der Waals surface area contributed by atoms with E-state index in [2.05, 4.69) is 51.5 Å². The van der Waals surface area contributed by atoms with Crippen molar-refractivity contribution in [2.24, 2.45) is 0 Å². The number of fused-ring (bicyclic) bond motifs is 1. The van der Waals surface area contributed by atoms with Gasteiger partial charge in [-0.3, -0.25) is 5.10 Å². The molecular formula is C13H14N6. The van der Waals surface area contributed by atoms with Gasteiger partial charge in [-0.15, -0.1) is 0 Å². The predicted octanol–water partition coefficient (Wildman–Crippen LogP) is 2.30. The first kappa shape index (κ1) is 11.5. The highest BCUT2D eigenvalue weighted by atomic mass is 15.2. The summed E-state index contributed by atoms with van der Waals surface area (Å²) >= 11 is 0. The molecule has 0 spiro atoms. The number of benzene rings is 1. The lowest BCUT2D eigenvalue weighted by atomic mass is 10.1. The van der Waals surface area contributed by atoms with Crippen LogP contribution in [0, 0.1) is 13.8 Å². The van der Waals surface area contributed by atoms with Gasteiger partial charge in [0.1, 0.15) is 5.82 Å². The number of nitrogens with one attached hydrogen (secondary N) is 2. The third kappa shape index (κ3) is 2.08. The minimum atomic E-state index is 0.211. The molecular weight excluding hydrogens is 240 g/mol. The van der Waals surface area contributed by atoms with Crippen molar-refractivity contribution in [2.75, 3.05) is 11.1 Å². The Hall–Kier alpha value is -2.63. The first-order valence-electron chi connectivity index (χ1n) is 5.94. The van der Waals surface area contributed by atoms with Gasteiger partial charge in [0.15, 0.2) is 5.65 Å². The maximum atomic E-state index is 5.68. The minimum Gasteiger partial charge on any atom is -0.368 e. The van der Waals surface area contributed by atoms with Crippen LogP contribution in [-0.2, 0) is 0 Å². The summed E-state index contributed by atoms with van der Waals surface area (Å²) in [7, 11) is 0. The van der Waals surface area contributed by atoms with Crippen LogP contribution in [0.5, 0.6) is 0 Å². The molecule has 1 aromatic carbocycles. The maximum absolute atomic E-state index is 5.68. The Morgan fingerprint density at radius 2 is 2.00 bits per heavy atom. The summed E-state index contributed by atoms with van der Waals surface area (Å²) < 4.78 is 0. The Kier molecular flexibility index (Phi) is 2.56. The predicted molar refractivity (Wildman–Crippen MR) is 75.3 cm³/mol. The number of nitrogens with zero attached hydrogens (tertiary/aromatic N) is 3. The molecule has 0 amide bonds. The molecule has 2 heterocycles. The van der Waals surface area contributed by atoms with E-state index in [0.717, 1.165) is 11.1 Å². The van der Waals surface area contributed by atoms with E-state index in [0.29, 0.717) is 11.5 Å². The molecule has 0 unspecified atom stereocenters. The number of nitrogens with two attached hydrogens (primary N) is 1. The second kappa shape index (κ2) is 4.24. The van der Waals surface area contributed by atoms with Gasteiger partial charge in [-0.1, -0.05) is 6.07 Å². The fourth-order valence-electron chi connectivity index (χ4n) is 1.90. The largest absolute Gasteiger partial charge is 0.368 e. The summed E-state index contributed by atoms with van der Waals surface area (Å²) in [6.07, 6.45) is 1.68. The standard InChI is InChI=1S/C13H14N6/c1-7-3-4-9(5-8(7)2)16-11-10-6-15-19-12(10)18-13(14)17-11/h3-6H,1-2H3,(H4,14,15,16,17,18,19). The van der Waals surface area contributed by atoms with E-state index >= 15 is 0 Å². The lowest BCUT2D eigenvalue weighted by molar-refractivity contribution is 1.09. The van der Waals surface area contributed by atoms with E-state index in [-0.39, 0.29) is 5.95 Å². The number of H-pyrrole nitrogens is 1. The van der Waals surface area contributed by atoms with Gasteiger partial charge in [0.2, 0.25) is 5.95 Å². The molecule has 0 saturated carbocycles. The number of aryl methyl sites for hydroxylation is 2. The summed E-state index contributed by atoms with van der Waals surface area (Å²) in [5.41, 5.74) is 9.74. The van der Waals surface area contributed by atoms with Crippen molar-refractivity contribution in [2.45, 2.75) is 13.8 Å². The van der Waals surface area contributed by atoms with Gasteiger partial charge in [-0.05, 0) is 37.1 Å². The van der Waals surface area contributed by atoms with Gasteiger partial charge in [-0.2, -0.15) is 15.1 Å². The van der Waals surface area contributed by atoms with Gasteiger partial charge in [0, 0.05) is 5.69 Å². The van der Waals surface area contributed by atoms with Crippen molar-refractivity contribution in [1.82, 2.24) is 20.2 Å². The van der Waals surface area contributed by atoms with Gasteiger partial charge in [0.25, 0.3) is 0 Å². The lowest BCUT2D eigenvalue weighted by Crippen LogP contribution is -2.01. The third-order valence-electron chi connectivity index (χ3n) is 3.10. The number of aromatic nitrogens is 4. The van der Waals surface area contributed by atoms with E-state index in [4.69, 9.17) is 5.73 Å². The molecule has 0 atom stereocenters. The molecule has 0 aliphatic heterocycles. The van der Waals surface area contributed by atoms with E-state index in [9.17, 15) is 0 Å². The van der Waals surface area contributed by atoms with E-state index in [1.165, 1.54) is 11.1 Å². The lowest BCUT2D eigenvalue weighted by Gasteiger charge is -2.09. The zero-order valence-electron chi connectivity index (χ0n) is 10.7. The van der Waals surface area contributed by atoms with Crippen molar-refractivity contribution in [3.8, 4) is 0 Å². The van der Waals surface area contributed by atoms with E-state index in [1.807, 2.05) is 6.07 Å². The molecule has 2 aromatic heterocycles. The zero-order chi connectivity index (χ0) is 13.4. The van der Waals surface area contributed by atoms with Gasteiger partial charge >= 0.3 is 0 Å². The normalized spacial score (nSPS) is 10.8. The highest BCUT2D eigenvalue weighted by molar-refractivity contribution is 5.88. The van der Waals surface area contributed by atoms with Crippen molar-refractivity contribution >= 4 is 28.5 Å². The molecule has 3 rings (SSSR count). The molecule has 0 aliphatic rings. The molecule has 6 nitrogen and oxygen atoms in total. The number of nitrogen functional groups attached to an aromatic ring is 1. The quantitative estimate of drug-likeness (QED) is 0.652. The monoisotopic (exact) mass is 254 g/mol. The molecule has 0 bridgehead atoms. The average Bonchev–Trinajstić information content (AvgIpc) is 2.82. The van der Waals surface area contributed by atoms with Crippen LogP contribution in [0.25, 0.3) is 11.0 Å². The van der Waals surface area contributed by atoms with Crippen LogP contribution in [0.15, 0.2) is 24.4 Å². The Morgan fingerprint density at radius 3 is 2.79 bits per heavy atom. The van der Waals surface area contributed by atoms with Crippen molar-refractivity contribution in [3.05, 3.63) is 35.5 Å². The van der Waals surface area contributed by atoms with Gasteiger partial charge in [0.05, 0.1) is 11.6 Å². The second-order valence-electron chi connectivity index (χ2n) is 4.49. The molecule has 19 heavy (non-hydrogen) atoms. The van der Waals surface area contributed by atoms with Crippen molar-refractivity contribution in [1.29, 1.82) is 0 Å². The third-order valence-corrected chi connectivity index (χ3v) is 3.10. The number of hydrogen-bond donors (Lipinski definition) is 3. The Balaban J connectivity index is 2.04. The molecule has 0 fully saturated rings. The number of rotatable bonds is 2. The van der Waals surface area contributed by atoms with Crippen molar-refractivity contribution < 1.29 is 0 Å². The van der Waals surface area contributed by atoms with Crippen molar-refractivity contribution in [3.63, 3.8) is 0 Å². The highest BCUT2D eigenvalue weighted by Gasteiger charge is 2.08. The molecule has 0 aliphatic carbocycles. The van der Waals surface area contributed by atoms with Crippen LogP contribution >= 0.6 is 0 Å². The average molecular weight is 254 g/mol. The van der Waals surface area contributed by atoms with Crippen LogP contribution in [0.3, 0.4) is 0 Å². The van der Waals surface area contributed by atoms with E-state index < -0.39 is 0 Å². The molecule has 4 N–H and O–H groups in total. The molecule has 0 saturated heterocycles. The summed E-state index contributed by atoms with van der Waals surface area (Å²) in [5.74, 6) is 0.864.